The molecule has 1 fully saturated rings. The highest BCUT2D eigenvalue weighted by molar-refractivity contribution is 5.18. The molecule has 0 unspecified atom stereocenters. The lowest BCUT2D eigenvalue weighted by Crippen LogP contribution is -2.53. The number of hydrogen-bond acceptors (Lipinski definition) is 2. The van der Waals surface area contributed by atoms with Crippen molar-refractivity contribution in [2.75, 3.05) is 6.61 Å². The van der Waals surface area contributed by atoms with Gasteiger partial charge in [-0.1, -0.05) is 32.4 Å². The van der Waals surface area contributed by atoms with Gasteiger partial charge in [-0.25, -0.2) is 0 Å². The highest BCUT2D eigenvalue weighted by Gasteiger charge is 2.53. The lowest BCUT2D eigenvalue weighted by atomic mass is 9.48. The molecule has 2 rings (SSSR count). The van der Waals surface area contributed by atoms with Crippen LogP contribution in [0, 0.1) is 22.7 Å². The molecular weight excluding hydrogens is 212 g/mol. The Labute approximate surface area is 105 Å². The first-order valence-electron chi connectivity index (χ1n) is 6.77. The van der Waals surface area contributed by atoms with E-state index in [0.717, 1.165) is 19.3 Å². The molecule has 2 heteroatoms. The fourth-order valence-electron chi connectivity index (χ4n) is 4.66. The molecule has 0 amide bonds. The molecule has 0 aromatic heterocycles. The predicted octanol–water partition coefficient (Wildman–Crippen LogP) is 2.75. The molecule has 0 radical (unpaired) electrons. The normalized spacial score (nSPS) is 45.1. The summed E-state index contributed by atoms with van der Waals surface area (Å²) in [6, 6.07) is 0. The van der Waals surface area contributed by atoms with Gasteiger partial charge in [0.15, 0.2) is 0 Å². The number of rotatable bonds is 1. The second-order valence-electron chi connectivity index (χ2n) is 7.03. The number of aliphatic hydroxyl groups excluding tert-OH is 2. The Morgan fingerprint density at radius 1 is 1.29 bits per heavy atom. The summed E-state index contributed by atoms with van der Waals surface area (Å²) in [4.78, 5) is 0. The Hall–Kier alpha value is -0.340. The number of allylic oxidation sites excluding steroid dienone is 1. The minimum atomic E-state index is -0.216. The van der Waals surface area contributed by atoms with Crippen molar-refractivity contribution in [3.8, 4) is 0 Å². The summed E-state index contributed by atoms with van der Waals surface area (Å²) >= 11 is 0. The molecule has 0 aliphatic heterocycles. The van der Waals surface area contributed by atoms with Gasteiger partial charge >= 0.3 is 0 Å². The third-order valence-electron chi connectivity index (χ3n) is 5.38. The quantitative estimate of drug-likeness (QED) is 0.690. The average molecular weight is 238 g/mol. The van der Waals surface area contributed by atoms with E-state index in [1.54, 1.807) is 0 Å². The van der Waals surface area contributed by atoms with Crippen LogP contribution >= 0.6 is 0 Å². The van der Waals surface area contributed by atoms with Gasteiger partial charge in [0.05, 0.1) is 12.7 Å². The number of hydrogen-bond donors (Lipinski definition) is 2. The Morgan fingerprint density at radius 2 is 1.94 bits per heavy atom. The van der Waals surface area contributed by atoms with E-state index in [4.69, 9.17) is 0 Å². The molecule has 98 valence electrons. The maximum Gasteiger partial charge on any atom is 0.0551 e. The average Bonchev–Trinajstić information content (AvgIpc) is 2.13. The van der Waals surface area contributed by atoms with Gasteiger partial charge in [-0.15, -0.1) is 0 Å². The van der Waals surface area contributed by atoms with E-state index in [0.29, 0.717) is 5.92 Å². The molecule has 0 spiro atoms. The van der Waals surface area contributed by atoms with Crippen LogP contribution in [-0.2, 0) is 0 Å². The standard InChI is InChI=1S/C15H26O2/c1-10-5-6-13-14(2,3)7-11(17)8-15(13,4)12(10)9-16/h5,11-13,16-17H,6-9H2,1-4H3/t11-,12-,13-,15+/m0/s1. The van der Waals surface area contributed by atoms with Crippen molar-refractivity contribution in [1.29, 1.82) is 0 Å². The van der Waals surface area contributed by atoms with Crippen molar-refractivity contribution in [3.63, 3.8) is 0 Å². The molecule has 2 aliphatic rings. The van der Waals surface area contributed by atoms with Gasteiger partial charge in [0.25, 0.3) is 0 Å². The van der Waals surface area contributed by atoms with Crippen molar-refractivity contribution in [2.45, 2.75) is 53.1 Å². The maximum atomic E-state index is 10.1. The van der Waals surface area contributed by atoms with Gasteiger partial charge < -0.3 is 10.2 Å². The van der Waals surface area contributed by atoms with Gasteiger partial charge in [0, 0.05) is 5.92 Å². The zero-order valence-corrected chi connectivity index (χ0v) is 11.5. The summed E-state index contributed by atoms with van der Waals surface area (Å²) in [6.07, 6.45) is 4.90. The molecule has 0 bridgehead atoms. The first-order chi connectivity index (χ1) is 7.81. The lowest BCUT2D eigenvalue weighted by molar-refractivity contribution is -0.102. The summed E-state index contributed by atoms with van der Waals surface area (Å²) in [5.74, 6) is 0.787. The van der Waals surface area contributed by atoms with E-state index in [1.807, 2.05) is 0 Å². The molecule has 0 saturated heterocycles. The minimum Gasteiger partial charge on any atom is -0.396 e. The topological polar surface area (TPSA) is 40.5 Å². The monoisotopic (exact) mass is 238 g/mol. The molecule has 2 N–H and O–H groups in total. The first kappa shape index (κ1) is 13.1. The van der Waals surface area contributed by atoms with Crippen LogP contribution in [0.25, 0.3) is 0 Å². The summed E-state index contributed by atoms with van der Waals surface area (Å²) in [7, 11) is 0. The molecule has 1 saturated carbocycles. The largest absolute Gasteiger partial charge is 0.396 e. The molecule has 17 heavy (non-hydrogen) atoms. The third-order valence-corrected chi connectivity index (χ3v) is 5.38. The molecule has 4 atom stereocenters. The van der Waals surface area contributed by atoms with Crippen molar-refractivity contribution in [1.82, 2.24) is 0 Å². The third kappa shape index (κ3) is 1.96. The molecule has 2 aliphatic carbocycles. The van der Waals surface area contributed by atoms with Gasteiger partial charge in [-0.2, -0.15) is 0 Å². The van der Waals surface area contributed by atoms with Crippen LogP contribution < -0.4 is 0 Å². The van der Waals surface area contributed by atoms with Gasteiger partial charge in [0.1, 0.15) is 0 Å². The SMILES string of the molecule is CC1=CC[C@H]2C(C)(C)C[C@H](O)C[C@]2(C)[C@H]1CO. The van der Waals surface area contributed by atoms with Crippen molar-refractivity contribution >= 4 is 0 Å². The van der Waals surface area contributed by atoms with Crippen LogP contribution in [0.3, 0.4) is 0 Å². The number of fused-ring (bicyclic) bond motifs is 1. The van der Waals surface area contributed by atoms with Crippen LogP contribution in [0.15, 0.2) is 11.6 Å². The van der Waals surface area contributed by atoms with E-state index in [-0.39, 0.29) is 29.5 Å². The molecular formula is C15H26O2. The van der Waals surface area contributed by atoms with Crippen LogP contribution in [0.1, 0.15) is 47.0 Å². The lowest BCUT2D eigenvalue weighted by Gasteiger charge is -2.57. The fourth-order valence-corrected chi connectivity index (χ4v) is 4.66. The van der Waals surface area contributed by atoms with E-state index in [1.165, 1.54) is 5.57 Å². The van der Waals surface area contributed by atoms with Gasteiger partial charge in [-0.3, -0.25) is 0 Å². The molecule has 0 heterocycles. The van der Waals surface area contributed by atoms with Crippen LogP contribution in [0.2, 0.25) is 0 Å². The first-order valence-corrected chi connectivity index (χ1v) is 6.77. The fraction of sp³-hybridized carbons (Fsp3) is 0.867. The summed E-state index contributed by atoms with van der Waals surface area (Å²) in [5, 5.41) is 19.8. The van der Waals surface area contributed by atoms with E-state index >= 15 is 0 Å². The highest BCUT2D eigenvalue weighted by Crippen LogP contribution is 2.59. The maximum absolute atomic E-state index is 10.1. The second-order valence-corrected chi connectivity index (χ2v) is 7.03. The van der Waals surface area contributed by atoms with E-state index in [9.17, 15) is 10.2 Å². The Balaban J connectivity index is 2.42. The van der Waals surface area contributed by atoms with E-state index in [2.05, 4.69) is 33.8 Å². The highest BCUT2D eigenvalue weighted by atomic mass is 16.3. The summed E-state index contributed by atoms with van der Waals surface area (Å²) in [5.41, 5.74) is 1.52. The Bertz CT molecular complexity index is 332. The second kappa shape index (κ2) is 4.10. The Kier molecular flexibility index (Phi) is 3.16. The Morgan fingerprint density at radius 3 is 2.53 bits per heavy atom. The summed E-state index contributed by atoms with van der Waals surface area (Å²) < 4.78 is 0. The minimum absolute atomic E-state index is 0.0503. The summed E-state index contributed by atoms with van der Waals surface area (Å²) in [6.45, 7) is 9.12. The van der Waals surface area contributed by atoms with Gasteiger partial charge in [0.2, 0.25) is 0 Å². The van der Waals surface area contributed by atoms with Gasteiger partial charge in [-0.05, 0) is 42.9 Å². The van der Waals surface area contributed by atoms with Crippen LogP contribution in [0.5, 0.6) is 0 Å². The smallest absolute Gasteiger partial charge is 0.0551 e. The van der Waals surface area contributed by atoms with Crippen LogP contribution in [0.4, 0.5) is 0 Å². The zero-order valence-electron chi connectivity index (χ0n) is 11.5. The number of aliphatic hydroxyl groups is 2. The van der Waals surface area contributed by atoms with Crippen molar-refractivity contribution in [2.24, 2.45) is 22.7 Å². The van der Waals surface area contributed by atoms with Crippen molar-refractivity contribution in [3.05, 3.63) is 11.6 Å². The molecule has 0 aromatic rings. The van der Waals surface area contributed by atoms with E-state index < -0.39 is 0 Å². The zero-order chi connectivity index (χ0) is 12.8. The van der Waals surface area contributed by atoms with Crippen LogP contribution in [-0.4, -0.2) is 22.9 Å². The predicted molar refractivity (Wildman–Crippen MR) is 69.6 cm³/mol. The molecule has 0 aromatic carbocycles. The molecule has 2 nitrogen and oxygen atoms in total. The van der Waals surface area contributed by atoms with Crippen molar-refractivity contribution < 1.29 is 10.2 Å².